The van der Waals surface area contributed by atoms with Gasteiger partial charge in [0.1, 0.15) is 17.5 Å². The average molecular weight is 529 g/mol. The van der Waals surface area contributed by atoms with Gasteiger partial charge in [0.25, 0.3) is 0 Å². The molecule has 2 aliphatic carbocycles. The van der Waals surface area contributed by atoms with Crippen molar-refractivity contribution in [3.63, 3.8) is 0 Å². The maximum atomic E-state index is 15.0. The van der Waals surface area contributed by atoms with Crippen molar-refractivity contribution in [1.82, 2.24) is 0 Å². The zero-order valence-corrected chi connectivity index (χ0v) is 23.2. The van der Waals surface area contributed by atoms with Gasteiger partial charge in [-0.2, -0.15) is 0 Å². The van der Waals surface area contributed by atoms with E-state index in [9.17, 15) is 13.2 Å². The third-order valence-corrected chi connectivity index (χ3v) is 9.29. The van der Waals surface area contributed by atoms with Crippen LogP contribution in [0.3, 0.4) is 0 Å². The van der Waals surface area contributed by atoms with Crippen LogP contribution in [0.25, 0.3) is 0 Å². The summed E-state index contributed by atoms with van der Waals surface area (Å²) in [5.41, 5.74) is 4.94. The standard InChI is InChI=1S/C34H44F4/c1-3-24-6-13-29(14-7-24)33(37)34(38)30-17-15-28(16-18-30)27-11-8-25(9-12-27)10-19-31-23(2)21-26(5-4-20-35)22-32(31)36/h8-9,11-12,21-22,24,28-30H,3-7,10,13-20H2,1-2H3/b34-33+. The van der Waals surface area contributed by atoms with Crippen LogP contribution >= 0.6 is 0 Å². The molecule has 0 aliphatic heterocycles. The minimum atomic E-state index is -0.461. The summed E-state index contributed by atoms with van der Waals surface area (Å²) in [4.78, 5) is 0. The van der Waals surface area contributed by atoms with Crippen molar-refractivity contribution in [2.75, 3.05) is 6.67 Å². The highest BCUT2D eigenvalue weighted by Crippen LogP contribution is 2.43. The van der Waals surface area contributed by atoms with E-state index in [0.717, 1.165) is 73.6 Å². The topological polar surface area (TPSA) is 0 Å². The number of hydrogen-bond acceptors (Lipinski definition) is 0. The van der Waals surface area contributed by atoms with Gasteiger partial charge in [-0.3, -0.25) is 4.39 Å². The Labute approximate surface area is 226 Å². The number of allylic oxidation sites excluding steroid dienone is 2. The Morgan fingerprint density at radius 1 is 0.763 bits per heavy atom. The summed E-state index contributed by atoms with van der Waals surface area (Å²) < 4.78 is 57.1. The van der Waals surface area contributed by atoms with E-state index in [1.54, 1.807) is 6.07 Å². The molecule has 2 saturated carbocycles. The Morgan fingerprint density at radius 3 is 1.92 bits per heavy atom. The van der Waals surface area contributed by atoms with Gasteiger partial charge in [0.2, 0.25) is 0 Å². The first-order chi connectivity index (χ1) is 18.4. The predicted molar refractivity (Wildman–Crippen MR) is 149 cm³/mol. The van der Waals surface area contributed by atoms with Crippen molar-refractivity contribution in [3.8, 4) is 0 Å². The highest BCUT2D eigenvalue weighted by molar-refractivity contribution is 5.34. The molecule has 2 aromatic carbocycles. The summed E-state index contributed by atoms with van der Waals surface area (Å²) in [5, 5.41) is 0. The monoisotopic (exact) mass is 528 g/mol. The van der Waals surface area contributed by atoms with Gasteiger partial charge in [-0.15, -0.1) is 0 Å². The highest BCUT2D eigenvalue weighted by Gasteiger charge is 2.31. The summed E-state index contributed by atoms with van der Waals surface area (Å²) in [6, 6.07) is 12.1. The zero-order valence-electron chi connectivity index (χ0n) is 23.2. The summed E-state index contributed by atoms with van der Waals surface area (Å²) in [6.07, 6.45) is 10.3. The smallest absolute Gasteiger partial charge is 0.135 e. The van der Waals surface area contributed by atoms with E-state index in [4.69, 9.17) is 0 Å². The molecule has 0 N–H and O–H groups in total. The number of aryl methyl sites for hydroxylation is 3. The summed E-state index contributed by atoms with van der Waals surface area (Å²) >= 11 is 0. The fourth-order valence-electron chi connectivity index (χ4n) is 6.70. The quantitative estimate of drug-likeness (QED) is 0.269. The van der Waals surface area contributed by atoms with Gasteiger partial charge in [-0.1, -0.05) is 43.7 Å². The van der Waals surface area contributed by atoms with E-state index >= 15 is 4.39 Å². The summed E-state index contributed by atoms with van der Waals surface area (Å²) in [6.45, 7) is 3.73. The van der Waals surface area contributed by atoms with Crippen molar-refractivity contribution in [2.24, 2.45) is 17.8 Å². The predicted octanol–water partition coefficient (Wildman–Crippen LogP) is 10.5. The molecular formula is C34H44F4. The number of benzene rings is 2. The normalized spacial score (nSPS) is 24.8. The summed E-state index contributed by atoms with van der Waals surface area (Å²) in [5.74, 6) is -0.521. The molecule has 0 amide bonds. The van der Waals surface area contributed by atoms with Crippen LogP contribution < -0.4 is 0 Å². The van der Waals surface area contributed by atoms with Crippen molar-refractivity contribution in [2.45, 2.75) is 103 Å². The highest BCUT2D eigenvalue weighted by atomic mass is 19.2. The van der Waals surface area contributed by atoms with E-state index < -0.39 is 11.7 Å². The van der Waals surface area contributed by atoms with E-state index in [1.165, 1.54) is 5.56 Å². The van der Waals surface area contributed by atoms with E-state index in [-0.39, 0.29) is 24.3 Å². The largest absolute Gasteiger partial charge is 0.251 e. The molecule has 0 saturated heterocycles. The van der Waals surface area contributed by atoms with Gasteiger partial charge < -0.3 is 0 Å². The molecule has 0 unspecified atom stereocenters. The van der Waals surface area contributed by atoms with Crippen LogP contribution in [0.15, 0.2) is 48.1 Å². The fraction of sp³-hybridized carbons (Fsp3) is 0.588. The number of halogens is 4. The molecule has 2 aliphatic rings. The molecular weight excluding hydrogens is 484 g/mol. The molecule has 4 heteroatoms. The van der Waals surface area contributed by atoms with Gasteiger partial charge in [-0.05, 0) is 130 Å². The number of alkyl halides is 1. The van der Waals surface area contributed by atoms with Crippen LogP contribution in [0, 0.1) is 30.5 Å². The lowest BCUT2D eigenvalue weighted by molar-refractivity contribution is 0.245. The maximum absolute atomic E-state index is 15.0. The van der Waals surface area contributed by atoms with Crippen LogP contribution in [-0.2, 0) is 19.3 Å². The molecule has 0 bridgehead atoms. The van der Waals surface area contributed by atoms with Crippen LogP contribution in [0.4, 0.5) is 17.6 Å². The Balaban J connectivity index is 1.28. The molecule has 208 valence electrons. The summed E-state index contributed by atoms with van der Waals surface area (Å²) in [7, 11) is 0. The third kappa shape index (κ3) is 7.30. The second-order valence-electron chi connectivity index (χ2n) is 11.8. The molecule has 0 heterocycles. The first kappa shape index (κ1) is 28.9. The minimum absolute atomic E-state index is 0.196. The Hall–Kier alpha value is -2.10. The number of rotatable bonds is 10. The maximum Gasteiger partial charge on any atom is 0.135 e. The van der Waals surface area contributed by atoms with Crippen LogP contribution in [0.1, 0.15) is 105 Å². The Kier molecular flexibility index (Phi) is 10.5. The lowest BCUT2D eigenvalue weighted by Gasteiger charge is -2.30. The molecule has 0 atom stereocenters. The Morgan fingerprint density at radius 2 is 1.37 bits per heavy atom. The van der Waals surface area contributed by atoms with Crippen LogP contribution in [0.2, 0.25) is 0 Å². The average Bonchev–Trinajstić information content (AvgIpc) is 2.95. The Bertz CT molecular complexity index is 1030. The van der Waals surface area contributed by atoms with Crippen molar-refractivity contribution >= 4 is 0 Å². The SMILES string of the molecule is CCC1CCC(/C(F)=C(\F)C2CCC(c3ccc(CCc4c(C)cc(CCCF)cc4F)cc3)CC2)CC1. The van der Waals surface area contributed by atoms with Crippen molar-refractivity contribution in [1.29, 1.82) is 0 Å². The second-order valence-corrected chi connectivity index (χ2v) is 11.8. The van der Waals surface area contributed by atoms with Crippen molar-refractivity contribution < 1.29 is 17.6 Å². The molecule has 0 nitrogen and oxygen atoms in total. The minimum Gasteiger partial charge on any atom is -0.251 e. The molecule has 2 fully saturated rings. The molecule has 0 aromatic heterocycles. The van der Waals surface area contributed by atoms with Gasteiger partial charge >= 0.3 is 0 Å². The molecule has 2 aromatic rings. The van der Waals surface area contributed by atoms with E-state index in [2.05, 4.69) is 31.2 Å². The van der Waals surface area contributed by atoms with E-state index in [0.29, 0.717) is 43.9 Å². The first-order valence-electron chi connectivity index (χ1n) is 14.9. The fourth-order valence-corrected chi connectivity index (χ4v) is 6.70. The lowest BCUT2D eigenvalue weighted by Crippen LogP contribution is -2.18. The molecule has 0 spiro atoms. The second kappa shape index (κ2) is 13.8. The number of hydrogen-bond donors (Lipinski definition) is 0. The van der Waals surface area contributed by atoms with Crippen LogP contribution in [0.5, 0.6) is 0 Å². The van der Waals surface area contributed by atoms with E-state index in [1.807, 2.05) is 13.0 Å². The molecule has 38 heavy (non-hydrogen) atoms. The third-order valence-electron chi connectivity index (χ3n) is 9.29. The van der Waals surface area contributed by atoms with Crippen molar-refractivity contribution in [3.05, 3.63) is 81.7 Å². The molecule has 0 radical (unpaired) electrons. The lowest BCUT2D eigenvalue weighted by atomic mass is 9.76. The first-order valence-corrected chi connectivity index (χ1v) is 14.9. The molecule has 4 rings (SSSR count). The van der Waals surface area contributed by atoms with Gasteiger partial charge in [-0.25, -0.2) is 13.2 Å². The van der Waals surface area contributed by atoms with Gasteiger partial charge in [0.05, 0.1) is 6.67 Å². The van der Waals surface area contributed by atoms with Gasteiger partial charge in [0.15, 0.2) is 0 Å². The zero-order chi connectivity index (χ0) is 27.1. The van der Waals surface area contributed by atoms with Crippen LogP contribution in [-0.4, -0.2) is 6.67 Å². The van der Waals surface area contributed by atoms with Gasteiger partial charge in [0, 0.05) is 11.8 Å².